The molecule has 1 aliphatic heterocycles. The lowest BCUT2D eigenvalue weighted by atomic mass is 10.1. The van der Waals surface area contributed by atoms with Gasteiger partial charge in [0, 0.05) is 19.0 Å². The molecule has 2 rings (SSSR count). The van der Waals surface area contributed by atoms with Gasteiger partial charge in [0.1, 0.15) is 5.54 Å². The van der Waals surface area contributed by atoms with Crippen LogP contribution in [0.5, 0.6) is 0 Å². The zero-order valence-electron chi connectivity index (χ0n) is 8.99. The second-order valence-electron chi connectivity index (χ2n) is 4.37. The number of nitrogens with one attached hydrogen (secondary N) is 2. The second kappa shape index (κ2) is 4.39. The van der Waals surface area contributed by atoms with E-state index in [1.807, 2.05) is 0 Å². The van der Waals surface area contributed by atoms with Crippen molar-refractivity contribution in [1.82, 2.24) is 10.6 Å². The van der Waals surface area contributed by atoms with Crippen molar-refractivity contribution in [2.24, 2.45) is 0 Å². The SMILES string of the molecule is O=C(CC1COCCN1)NC1(C(=O)O)CC1. The molecule has 0 aromatic heterocycles. The van der Waals surface area contributed by atoms with Crippen LogP contribution in [-0.4, -0.2) is 48.3 Å². The van der Waals surface area contributed by atoms with Crippen LogP contribution < -0.4 is 10.6 Å². The van der Waals surface area contributed by atoms with E-state index in [0.717, 1.165) is 6.54 Å². The first kappa shape index (κ1) is 11.3. The summed E-state index contributed by atoms with van der Waals surface area (Å²) in [7, 11) is 0. The number of carboxylic acid groups (broad SMARTS) is 1. The number of carboxylic acids is 1. The lowest BCUT2D eigenvalue weighted by Crippen LogP contribution is -2.48. The highest BCUT2D eigenvalue weighted by Gasteiger charge is 2.51. The Balaban J connectivity index is 1.78. The van der Waals surface area contributed by atoms with Gasteiger partial charge in [-0.3, -0.25) is 4.79 Å². The monoisotopic (exact) mass is 228 g/mol. The van der Waals surface area contributed by atoms with Crippen LogP contribution in [0.2, 0.25) is 0 Å². The van der Waals surface area contributed by atoms with Crippen molar-refractivity contribution in [3.63, 3.8) is 0 Å². The summed E-state index contributed by atoms with van der Waals surface area (Å²) >= 11 is 0. The van der Waals surface area contributed by atoms with Crippen LogP contribution in [0.4, 0.5) is 0 Å². The number of hydrogen-bond acceptors (Lipinski definition) is 4. The maximum atomic E-state index is 11.6. The average Bonchev–Trinajstić information content (AvgIpc) is 3.00. The minimum Gasteiger partial charge on any atom is -0.480 e. The Morgan fingerprint density at radius 2 is 2.25 bits per heavy atom. The first-order chi connectivity index (χ1) is 7.62. The van der Waals surface area contributed by atoms with Gasteiger partial charge in [0.05, 0.1) is 13.2 Å². The molecule has 0 aromatic carbocycles. The summed E-state index contributed by atoms with van der Waals surface area (Å²) in [6.45, 7) is 1.91. The highest BCUT2D eigenvalue weighted by atomic mass is 16.5. The molecule has 0 radical (unpaired) electrons. The van der Waals surface area contributed by atoms with Gasteiger partial charge in [0.2, 0.25) is 5.91 Å². The molecular formula is C10H16N2O4. The fourth-order valence-corrected chi connectivity index (χ4v) is 1.81. The fraction of sp³-hybridized carbons (Fsp3) is 0.800. The van der Waals surface area contributed by atoms with Crippen molar-refractivity contribution >= 4 is 11.9 Å². The molecule has 3 N–H and O–H groups in total. The summed E-state index contributed by atoms with van der Waals surface area (Å²) < 4.78 is 5.22. The molecular weight excluding hydrogens is 212 g/mol. The molecule has 0 bridgehead atoms. The molecule has 2 aliphatic rings. The van der Waals surface area contributed by atoms with Crippen molar-refractivity contribution in [1.29, 1.82) is 0 Å². The number of hydrogen-bond donors (Lipinski definition) is 3. The zero-order valence-corrected chi connectivity index (χ0v) is 8.99. The van der Waals surface area contributed by atoms with Crippen molar-refractivity contribution in [2.75, 3.05) is 19.8 Å². The molecule has 6 nitrogen and oxygen atoms in total. The quantitative estimate of drug-likeness (QED) is 0.580. The van der Waals surface area contributed by atoms with Crippen molar-refractivity contribution in [3.8, 4) is 0 Å². The molecule has 1 saturated carbocycles. The Hall–Kier alpha value is -1.14. The number of carbonyl (C=O) groups is 2. The third-order valence-corrected chi connectivity index (χ3v) is 2.97. The Bertz CT molecular complexity index is 295. The third-order valence-electron chi connectivity index (χ3n) is 2.97. The Morgan fingerprint density at radius 3 is 2.75 bits per heavy atom. The molecule has 90 valence electrons. The van der Waals surface area contributed by atoms with Crippen molar-refractivity contribution in [3.05, 3.63) is 0 Å². The minimum absolute atomic E-state index is 0.00153. The molecule has 0 spiro atoms. The summed E-state index contributed by atoms with van der Waals surface area (Å²) in [5, 5.41) is 14.6. The van der Waals surface area contributed by atoms with E-state index in [2.05, 4.69) is 10.6 Å². The van der Waals surface area contributed by atoms with E-state index < -0.39 is 11.5 Å². The molecule has 1 amide bonds. The summed E-state index contributed by atoms with van der Waals surface area (Å²) in [5.74, 6) is -1.16. The predicted molar refractivity (Wildman–Crippen MR) is 55.0 cm³/mol. The molecule has 6 heteroatoms. The zero-order chi connectivity index (χ0) is 11.6. The highest BCUT2D eigenvalue weighted by Crippen LogP contribution is 2.35. The topological polar surface area (TPSA) is 87.7 Å². The Labute approximate surface area is 93.3 Å². The largest absolute Gasteiger partial charge is 0.480 e. The van der Waals surface area contributed by atoms with E-state index in [1.165, 1.54) is 0 Å². The number of aliphatic carboxylic acids is 1. The van der Waals surface area contributed by atoms with E-state index in [0.29, 0.717) is 26.1 Å². The molecule has 1 aliphatic carbocycles. The summed E-state index contributed by atoms with van der Waals surface area (Å²) in [4.78, 5) is 22.5. The van der Waals surface area contributed by atoms with Crippen molar-refractivity contribution < 1.29 is 19.4 Å². The average molecular weight is 228 g/mol. The van der Waals surface area contributed by atoms with Crippen LogP contribution in [0, 0.1) is 0 Å². The standard InChI is InChI=1S/C10H16N2O4/c13-8(5-7-6-16-4-3-11-7)12-10(1-2-10)9(14)15/h7,11H,1-6H2,(H,12,13)(H,14,15). The van der Waals surface area contributed by atoms with Gasteiger partial charge in [0.15, 0.2) is 0 Å². The Kier molecular flexibility index (Phi) is 3.11. The summed E-state index contributed by atoms with van der Waals surface area (Å²) in [6, 6.07) is -0.00153. The third kappa shape index (κ3) is 2.51. The molecule has 16 heavy (non-hydrogen) atoms. The molecule has 0 aromatic rings. The summed E-state index contributed by atoms with van der Waals surface area (Å²) in [6.07, 6.45) is 1.33. The van der Waals surface area contributed by atoms with Crippen LogP contribution in [-0.2, 0) is 14.3 Å². The second-order valence-corrected chi connectivity index (χ2v) is 4.37. The van der Waals surface area contributed by atoms with Gasteiger partial charge < -0.3 is 20.5 Å². The number of rotatable bonds is 4. The smallest absolute Gasteiger partial charge is 0.329 e. The fourth-order valence-electron chi connectivity index (χ4n) is 1.81. The highest BCUT2D eigenvalue weighted by molar-refractivity contribution is 5.89. The lowest BCUT2D eigenvalue weighted by Gasteiger charge is -2.24. The van der Waals surface area contributed by atoms with Crippen LogP contribution in [0.1, 0.15) is 19.3 Å². The normalized spacial score (nSPS) is 27.1. The van der Waals surface area contributed by atoms with E-state index in [-0.39, 0.29) is 18.4 Å². The van der Waals surface area contributed by atoms with Gasteiger partial charge in [0.25, 0.3) is 0 Å². The predicted octanol–water partition coefficient (Wildman–Crippen LogP) is -0.902. The number of ether oxygens (including phenoxy) is 1. The first-order valence-corrected chi connectivity index (χ1v) is 5.48. The van der Waals surface area contributed by atoms with Crippen molar-refractivity contribution in [2.45, 2.75) is 30.8 Å². The number of carbonyl (C=O) groups excluding carboxylic acids is 1. The lowest BCUT2D eigenvalue weighted by molar-refractivity contribution is -0.143. The maximum Gasteiger partial charge on any atom is 0.329 e. The minimum atomic E-state index is -0.980. The summed E-state index contributed by atoms with van der Waals surface area (Å²) in [5.41, 5.74) is -0.980. The molecule has 1 saturated heterocycles. The van der Waals surface area contributed by atoms with Crippen LogP contribution in [0.25, 0.3) is 0 Å². The van der Waals surface area contributed by atoms with Gasteiger partial charge >= 0.3 is 5.97 Å². The van der Waals surface area contributed by atoms with Crippen LogP contribution in [0.3, 0.4) is 0 Å². The van der Waals surface area contributed by atoms with E-state index in [4.69, 9.17) is 9.84 Å². The molecule has 1 heterocycles. The molecule has 1 unspecified atom stereocenters. The Morgan fingerprint density at radius 1 is 1.50 bits per heavy atom. The van der Waals surface area contributed by atoms with Gasteiger partial charge in [-0.05, 0) is 12.8 Å². The molecule has 1 atom stereocenters. The van der Waals surface area contributed by atoms with Gasteiger partial charge in [-0.25, -0.2) is 4.79 Å². The van der Waals surface area contributed by atoms with Crippen LogP contribution >= 0.6 is 0 Å². The molecule has 2 fully saturated rings. The van der Waals surface area contributed by atoms with Crippen LogP contribution in [0.15, 0.2) is 0 Å². The van der Waals surface area contributed by atoms with E-state index >= 15 is 0 Å². The van der Waals surface area contributed by atoms with E-state index in [1.54, 1.807) is 0 Å². The van der Waals surface area contributed by atoms with Gasteiger partial charge in [-0.15, -0.1) is 0 Å². The van der Waals surface area contributed by atoms with Gasteiger partial charge in [-0.2, -0.15) is 0 Å². The number of morpholine rings is 1. The van der Waals surface area contributed by atoms with Gasteiger partial charge in [-0.1, -0.05) is 0 Å². The van der Waals surface area contributed by atoms with E-state index in [9.17, 15) is 9.59 Å². The maximum absolute atomic E-state index is 11.6. The first-order valence-electron chi connectivity index (χ1n) is 5.48. The number of amides is 1.